The van der Waals surface area contributed by atoms with Crippen molar-refractivity contribution in [3.8, 4) is 0 Å². The van der Waals surface area contributed by atoms with E-state index in [-0.39, 0.29) is 87.2 Å². The molecule has 21 nitrogen and oxygen atoms in total. The highest BCUT2D eigenvalue weighted by Gasteiger charge is 2.34. The first-order chi connectivity index (χ1) is 38.9. The van der Waals surface area contributed by atoms with Crippen molar-refractivity contribution in [3.05, 3.63) is 75.7 Å². The highest BCUT2D eigenvalue weighted by Crippen LogP contribution is 2.29. The van der Waals surface area contributed by atoms with E-state index in [1.807, 2.05) is 88.2 Å². The number of ether oxygens (including phenoxy) is 4. The number of hydrogen-bond acceptors (Lipinski definition) is 16. The molecule has 0 saturated carbocycles. The van der Waals surface area contributed by atoms with Gasteiger partial charge in [-0.3, -0.25) is 38.2 Å². The molecule has 0 bridgehead atoms. The van der Waals surface area contributed by atoms with Crippen LogP contribution in [0.4, 0.5) is 4.79 Å². The molecule has 2 aromatic heterocycles. The number of piperidine rings is 2. The Balaban J connectivity index is 0.955. The summed E-state index contributed by atoms with van der Waals surface area (Å²) in [5.74, 6) is -1.99. The average molecular weight is 1130 g/mol. The van der Waals surface area contributed by atoms with Crippen LogP contribution >= 0.6 is 0 Å². The maximum absolute atomic E-state index is 14.7. The summed E-state index contributed by atoms with van der Waals surface area (Å²) >= 11 is 0. The summed E-state index contributed by atoms with van der Waals surface area (Å²) in [6.45, 7) is 15.0. The number of carbonyl (C=O) groups excluding carboxylic acids is 6. The number of para-hydroxylation sites is 1. The van der Waals surface area contributed by atoms with Crippen LogP contribution in [0.3, 0.4) is 0 Å². The van der Waals surface area contributed by atoms with Crippen molar-refractivity contribution in [2.24, 2.45) is 23.3 Å². The molecule has 3 atom stereocenters. The van der Waals surface area contributed by atoms with Gasteiger partial charge in [0.1, 0.15) is 18.1 Å². The van der Waals surface area contributed by atoms with Crippen molar-refractivity contribution in [2.45, 2.75) is 162 Å². The minimum absolute atomic E-state index is 0.00968. The first-order valence-electron chi connectivity index (χ1n) is 29.4. The number of nitrogens with two attached hydrogens (primary N) is 2. The molecule has 3 fully saturated rings. The lowest BCUT2D eigenvalue weighted by Crippen LogP contribution is -2.59. The van der Waals surface area contributed by atoms with Gasteiger partial charge < -0.3 is 50.4 Å². The van der Waals surface area contributed by atoms with Crippen molar-refractivity contribution < 1.29 is 47.7 Å². The number of esters is 4. The molecule has 0 aliphatic carbocycles. The van der Waals surface area contributed by atoms with E-state index in [0.29, 0.717) is 94.7 Å². The van der Waals surface area contributed by atoms with Crippen molar-refractivity contribution in [1.29, 1.82) is 0 Å². The van der Waals surface area contributed by atoms with Crippen LogP contribution in [-0.2, 0) is 62.8 Å². The standard InChI is InChI=1S/C60H88N10O11/c1-40(2)53(61)58(75)78-31-13-7-9-17-51(71)80-38-69-37-46-34-43(33-42(5)55(46)64-69)35-49(57(74)67-29-27-66(28-30-67)47-21-23-65(6)24-22-47)63-60(77)68-25-19-44(20-26-68)48-36-45-15-11-12-16-50(45)70(56(48)73)39-81-52(72)18-10-8-14-32-79-59(76)54(62)41(3)4/h11-12,15-16,33-34,36-37,40-41,44,47,49,53-54H,7-10,13-14,17-32,35,38-39,61-62H2,1-6H3,(H,63,77). The molecule has 0 radical (unpaired) electrons. The van der Waals surface area contributed by atoms with Crippen LogP contribution in [0.15, 0.2) is 53.5 Å². The van der Waals surface area contributed by atoms with Crippen molar-refractivity contribution in [1.82, 2.24) is 39.3 Å². The number of piperazine rings is 1. The number of nitrogens with one attached hydrogen (secondary N) is 1. The van der Waals surface area contributed by atoms with E-state index in [0.717, 1.165) is 66.4 Å². The summed E-state index contributed by atoms with van der Waals surface area (Å²) in [6.07, 6.45) is 9.29. The van der Waals surface area contributed by atoms with Crippen LogP contribution < -0.4 is 22.3 Å². The number of rotatable bonds is 26. The molecule has 7 rings (SSSR count). The first kappa shape index (κ1) is 62.2. The maximum Gasteiger partial charge on any atom is 0.323 e. The van der Waals surface area contributed by atoms with E-state index in [9.17, 15) is 33.6 Å². The molecule has 3 saturated heterocycles. The van der Waals surface area contributed by atoms with Gasteiger partial charge in [0.2, 0.25) is 5.91 Å². The van der Waals surface area contributed by atoms with Gasteiger partial charge >= 0.3 is 29.9 Å². The second kappa shape index (κ2) is 30.0. The molecular formula is C60H88N10O11. The van der Waals surface area contributed by atoms with E-state index >= 15 is 0 Å². The fourth-order valence-corrected chi connectivity index (χ4v) is 10.9. The van der Waals surface area contributed by atoms with E-state index in [2.05, 4.69) is 22.2 Å². The Morgan fingerprint density at radius 3 is 1.88 bits per heavy atom. The molecule has 3 aliphatic rings. The quantitative estimate of drug-likeness (QED) is 0.0394. The average Bonchev–Trinajstić information content (AvgIpc) is 4.12. The molecule has 3 amide bonds. The normalized spacial score (nSPS) is 17.1. The number of urea groups is 1. The van der Waals surface area contributed by atoms with Gasteiger partial charge in [-0.15, -0.1) is 0 Å². The third kappa shape index (κ3) is 17.5. The largest absolute Gasteiger partial charge is 0.465 e. The summed E-state index contributed by atoms with van der Waals surface area (Å²) in [4.78, 5) is 101. The second-order valence-corrected chi connectivity index (χ2v) is 23.1. The Labute approximate surface area is 476 Å². The van der Waals surface area contributed by atoms with Crippen LogP contribution in [0.1, 0.15) is 127 Å². The van der Waals surface area contributed by atoms with Crippen LogP contribution in [0.25, 0.3) is 21.8 Å². The molecule has 444 valence electrons. The summed E-state index contributed by atoms with van der Waals surface area (Å²) in [7, 11) is 2.15. The third-order valence-electron chi connectivity index (χ3n) is 16.3. The zero-order valence-corrected chi connectivity index (χ0v) is 48.6. The number of nitrogens with zero attached hydrogens (tertiary/aromatic N) is 7. The van der Waals surface area contributed by atoms with Crippen molar-refractivity contribution in [2.75, 3.05) is 72.6 Å². The van der Waals surface area contributed by atoms with Crippen molar-refractivity contribution in [3.63, 3.8) is 0 Å². The topological polar surface area (TPSA) is 256 Å². The number of unbranched alkanes of at least 4 members (excludes halogenated alkanes) is 4. The lowest BCUT2D eigenvalue weighted by atomic mass is 9.89. The Hall–Kier alpha value is -6.42. The monoisotopic (exact) mass is 1120 g/mol. The van der Waals surface area contributed by atoms with Gasteiger partial charge in [-0.1, -0.05) is 52.0 Å². The Bertz CT molecular complexity index is 2830. The predicted octanol–water partition coefficient (Wildman–Crippen LogP) is 5.57. The van der Waals surface area contributed by atoms with Crippen LogP contribution in [-0.4, -0.2) is 167 Å². The van der Waals surface area contributed by atoms with Crippen LogP contribution in [0, 0.1) is 18.8 Å². The number of benzene rings is 2. The zero-order chi connectivity index (χ0) is 58.2. The molecular weight excluding hydrogens is 1040 g/mol. The second-order valence-electron chi connectivity index (χ2n) is 23.1. The number of carbonyl (C=O) groups is 6. The lowest BCUT2D eigenvalue weighted by Gasteiger charge is -2.43. The summed E-state index contributed by atoms with van der Waals surface area (Å²) in [6, 6.07) is 11.3. The summed E-state index contributed by atoms with van der Waals surface area (Å²) in [5.41, 5.74) is 15.1. The number of hydrogen-bond donors (Lipinski definition) is 3. The summed E-state index contributed by atoms with van der Waals surface area (Å²) in [5, 5.41) is 9.49. The van der Waals surface area contributed by atoms with Crippen molar-refractivity contribution >= 4 is 57.6 Å². The van der Waals surface area contributed by atoms with Gasteiger partial charge in [-0.05, 0) is 144 Å². The van der Waals surface area contributed by atoms with Gasteiger partial charge in [0, 0.05) is 81.7 Å². The van der Waals surface area contributed by atoms with E-state index in [1.54, 1.807) is 9.58 Å². The number of amides is 3. The van der Waals surface area contributed by atoms with Gasteiger partial charge in [-0.25, -0.2) is 9.48 Å². The molecule has 3 aliphatic heterocycles. The highest BCUT2D eigenvalue weighted by molar-refractivity contribution is 5.88. The molecule has 81 heavy (non-hydrogen) atoms. The molecule has 3 unspecified atom stereocenters. The Morgan fingerprint density at radius 2 is 1.27 bits per heavy atom. The predicted molar refractivity (Wildman–Crippen MR) is 308 cm³/mol. The number of fused-ring (bicyclic) bond motifs is 2. The van der Waals surface area contributed by atoms with E-state index < -0.39 is 36.0 Å². The third-order valence-corrected chi connectivity index (χ3v) is 16.3. The fourth-order valence-electron chi connectivity index (χ4n) is 10.9. The smallest absolute Gasteiger partial charge is 0.323 e. The zero-order valence-electron chi connectivity index (χ0n) is 48.6. The Kier molecular flexibility index (Phi) is 23.1. The van der Waals surface area contributed by atoms with E-state index in [4.69, 9.17) is 35.5 Å². The highest BCUT2D eigenvalue weighted by atomic mass is 16.6. The molecule has 0 spiro atoms. The minimum atomic E-state index is -0.864. The first-order valence-corrected chi connectivity index (χ1v) is 29.4. The number of aryl methyl sites for hydroxylation is 1. The lowest BCUT2D eigenvalue weighted by molar-refractivity contribution is -0.149. The molecule has 5 heterocycles. The number of aromatic nitrogens is 3. The molecule has 4 aromatic rings. The number of likely N-dealkylation sites (tertiary alicyclic amines) is 2. The summed E-state index contributed by atoms with van der Waals surface area (Å²) < 4.78 is 24.8. The van der Waals surface area contributed by atoms with Crippen LogP contribution in [0.2, 0.25) is 0 Å². The molecule has 21 heteroatoms. The molecule has 5 N–H and O–H groups in total. The molecule has 2 aromatic carbocycles. The van der Waals surface area contributed by atoms with Gasteiger partial charge in [0.15, 0.2) is 13.5 Å². The Morgan fingerprint density at radius 1 is 0.679 bits per heavy atom. The van der Waals surface area contributed by atoms with Gasteiger partial charge in [0.25, 0.3) is 5.56 Å². The van der Waals surface area contributed by atoms with Crippen LogP contribution in [0.5, 0.6) is 0 Å². The fraction of sp³-hybridized carbons (Fsp3) is 0.633. The van der Waals surface area contributed by atoms with Gasteiger partial charge in [-0.2, -0.15) is 5.10 Å². The van der Waals surface area contributed by atoms with E-state index in [1.165, 1.54) is 4.57 Å². The number of pyridine rings is 1. The minimum Gasteiger partial charge on any atom is -0.465 e. The SMILES string of the molecule is Cc1cc(CC(NC(=O)N2CCC(c3cc4ccccc4n(COC(=O)CCCCCOC(=O)C(N)C(C)C)c3=O)CC2)C(=O)N2CCN(C3CCN(C)CC3)CC2)cc2cn(COC(=O)CCCCCOC(=O)C(N)C(C)C)nc12. The van der Waals surface area contributed by atoms with Gasteiger partial charge in [0.05, 0.1) is 24.2 Å². The maximum atomic E-state index is 14.7.